The fourth-order valence-corrected chi connectivity index (χ4v) is 5.89. The van der Waals surface area contributed by atoms with Crippen molar-refractivity contribution in [1.29, 1.82) is 0 Å². The number of piperidine rings is 1. The van der Waals surface area contributed by atoms with E-state index in [1.807, 2.05) is 41.2 Å². The number of fused-ring (bicyclic) bond motifs is 2. The summed E-state index contributed by atoms with van der Waals surface area (Å²) in [7, 11) is 0. The van der Waals surface area contributed by atoms with E-state index in [4.69, 9.17) is 0 Å². The maximum Gasteiger partial charge on any atom is 0.242 e. The lowest BCUT2D eigenvalue weighted by Gasteiger charge is -2.43. The fraction of sp³-hybridized carbons (Fsp3) is 0.615. The van der Waals surface area contributed by atoms with Crippen molar-refractivity contribution in [2.24, 2.45) is 5.41 Å². The van der Waals surface area contributed by atoms with Crippen LogP contribution in [0, 0.1) is 5.41 Å². The minimum atomic E-state index is -0.589. The molecule has 3 heterocycles. The van der Waals surface area contributed by atoms with Crippen LogP contribution in [0.4, 0.5) is 0 Å². The smallest absolute Gasteiger partial charge is 0.242 e. The van der Waals surface area contributed by atoms with Crippen LogP contribution in [0.1, 0.15) is 56.2 Å². The van der Waals surface area contributed by atoms with Crippen molar-refractivity contribution in [3.63, 3.8) is 0 Å². The first-order valence-corrected chi connectivity index (χ1v) is 12.9. The highest BCUT2D eigenvalue weighted by Crippen LogP contribution is 2.38. The SMILES string of the molecule is O=C1NCCCn2cc(nn2)CC2(CCN(C3CCCC3)CC2)C(=O)N[C@H]1Cc1ccccc1. The topological polar surface area (TPSA) is 92.2 Å². The maximum atomic E-state index is 13.9. The van der Waals surface area contributed by atoms with E-state index in [9.17, 15) is 9.59 Å². The summed E-state index contributed by atoms with van der Waals surface area (Å²) >= 11 is 0. The summed E-state index contributed by atoms with van der Waals surface area (Å²) < 4.78 is 1.83. The third-order valence-electron chi connectivity index (χ3n) is 7.95. The predicted octanol–water partition coefficient (Wildman–Crippen LogP) is 2.09. The van der Waals surface area contributed by atoms with E-state index in [-0.39, 0.29) is 11.8 Å². The highest BCUT2D eigenvalue weighted by molar-refractivity contribution is 5.90. The van der Waals surface area contributed by atoms with Crippen LogP contribution in [0.15, 0.2) is 36.5 Å². The second kappa shape index (κ2) is 10.3. The molecule has 2 bridgehead atoms. The van der Waals surface area contributed by atoms with E-state index >= 15 is 0 Å². The third kappa shape index (κ3) is 5.17. The first-order valence-electron chi connectivity index (χ1n) is 12.9. The first-order chi connectivity index (χ1) is 16.6. The van der Waals surface area contributed by atoms with Gasteiger partial charge >= 0.3 is 0 Å². The summed E-state index contributed by atoms with van der Waals surface area (Å²) in [6, 6.07) is 9.99. The van der Waals surface area contributed by atoms with Crippen LogP contribution >= 0.6 is 0 Å². The summed E-state index contributed by atoms with van der Waals surface area (Å²) in [6.45, 7) is 3.07. The average Bonchev–Trinajstić information content (AvgIpc) is 3.54. The summed E-state index contributed by atoms with van der Waals surface area (Å²) in [5.41, 5.74) is 1.33. The van der Waals surface area contributed by atoms with E-state index in [1.54, 1.807) is 0 Å². The number of hydrogen-bond acceptors (Lipinski definition) is 5. The molecule has 1 aromatic heterocycles. The zero-order valence-electron chi connectivity index (χ0n) is 19.9. The molecule has 1 atom stereocenters. The number of rotatable bonds is 3. The van der Waals surface area contributed by atoms with Crippen LogP contribution in [0.3, 0.4) is 0 Å². The van der Waals surface area contributed by atoms with Crippen LogP contribution < -0.4 is 10.6 Å². The van der Waals surface area contributed by atoms with Gasteiger partial charge in [-0.2, -0.15) is 0 Å². The van der Waals surface area contributed by atoms with Crippen molar-refractivity contribution in [3.8, 4) is 0 Å². The average molecular weight is 465 g/mol. The lowest BCUT2D eigenvalue weighted by molar-refractivity contribution is -0.138. The number of nitrogens with one attached hydrogen (secondary N) is 2. The second-order valence-electron chi connectivity index (χ2n) is 10.3. The van der Waals surface area contributed by atoms with Gasteiger partial charge in [-0.15, -0.1) is 5.10 Å². The van der Waals surface area contributed by atoms with Gasteiger partial charge in [0.15, 0.2) is 0 Å². The van der Waals surface area contributed by atoms with Crippen molar-refractivity contribution in [2.75, 3.05) is 19.6 Å². The van der Waals surface area contributed by atoms with Gasteiger partial charge in [-0.25, -0.2) is 0 Å². The molecule has 1 saturated carbocycles. The van der Waals surface area contributed by atoms with Crippen molar-refractivity contribution < 1.29 is 9.59 Å². The molecule has 8 heteroatoms. The molecule has 2 aliphatic heterocycles. The van der Waals surface area contributed by atoms with Gasteiger partial charge in [-0.1, -0.05) is 48.4 Å². The van der Waals surface area contributed by atoms with Crippen molar-refractivity contribution in [1.82, 2.24) is 30.5 Å². The minimum absolute atomic E-state index is 0.0246. The summed E-state index contributed by atoms with van der Waals surface area (Å²) in [4.78, 5) is 29.6. The zero-order valence-corrected chi connectivity index (χ0v) is 19.9. The lowest BCUT2D eigenvalue weighted by Crippen LogP contribution is -2.56. The highest BCUT2D eigenvalue weighted by atomic mass is 16.2. The Morgan fingerprint density at radius 1 is 1.00 bits per heavy atom. The Kier molecular flexibility index (Phi) is 6.94. The largest absolute Gasteiger partial charge is 0.354 e. The molecule has 2 amide bonds. The van der Waals surface area contributed by atoms with Gasteiger partial charge < -0.3 is 15.5 Å². The van der Waals surface area contributed by atoms with Crippen LogP contribution in [0.25, 0.3) is 0 Å². The minimum Gasteiger partial charge on any atom is -0.354 e. The molecule has 5 rings (SSSR count). The summed E-state index contributed by atoms with van der Waals surface area (Å²) in [5, 5.41) is 14.9. The molecule has 8 nitrogen and oxygen atoms in total. The third-order valence-corrected chi connectivity index (χ3v) is 7.95. The van der Waals surface area contributed by atoms with Crippen LogP contribution in [0.5, 0.6) is 0 Å². The van der Waals surface area contributed by atoms with Crippen LogP contribution in [-0.2, 0) is 29.0 Å². The van der Waals surface area contributed by atoms with E-state index in [0.29, 0.717) is 32.0 Å². The molecule has 1 aliphatic carbocycles. The van der Waals surface area contributed by atoms with E-state index in [2.05, 4.69) is 25.8 Å². The van der Waals surface area contributed by atoms with Gasteiger partial charge in [0.2, 0.25) is 11.8 Å². The number of aromatic nitrogens is 3. The maximum absolute atomic E-state index is 13.9. The molecule has 1 aromatic carbocycles. The molecule has 2 N–H and O–H groups in total. The molecule has 0 radical (unpaired) electrons. The molecular formula is C26H36N6O2. The number of benzene rings is 1. The van der Waals surface area contributed by atoms with Gasteiger partial charge in [0.25, 0.3) is 0 Å². The van der Waals surface area contributed by atoms with Gasteiger partial charge in [0, 0.05) is 38.2 Å². The predicted molar refractivity (Wildman–Crippen MR) is 129 cm³/mol. The Labute approximate surface area is 201 Å². The van der Waals surface area contributed by atoms with Gasteiger partial charge in [-0.05, 0) is 50.8 Å². The summed E-state index contributed by atoms with van der Waals surface area (Å²) in [5.74, 6) is -0.142. The molecule has 182 valence electrons. The molecule has 2 fully saturated rings. The Hall–Kier alpha value is -2.74. The standard InChI is InChI=1S/C26H36N6O2/c33-24-23(17-20-7-2-1-3-8-20)28-25(34)26(11-15-31(16-12-26)22-9-4-5-10-22)18-21-19-32(30-29-21)14-6-13-27-24/h1-3,7-8,19,22-23H,4-6,9-18H2,(H,27,33)(H,28,34)/t23-/m0/s1. The number of carbonyl (C=O) groups is 2. The quantitative estimate of drug-likeness (QED) is 0.726. The monoisotopic (exact) mass is 464 g/mol. The number of amides is 2. The number of hydrogen-bond donors (Lipinski definition) is 2. The normalized spacial score (nSPS) is 24.6. The van der Waals surface area contributed by atoms with Crippen molar-refractivity contribution in [3.05, 3.63) is 47.8 Å². The van der Waals surface area contributed by atoms with Gasteiger partial charge in [-0.3, -0.25) is 14.3 Å². The zero-order chi connectivity index (χ0) is 23.4. The fourth-order valence-electron chi connectivity index (χ4n) is 5.89. The van der Waals surface area contributed by atoms with Crippen LogP contribution in [-0.4, -0.2) is 63.4 Å². The highest BCUT2D eigenvalue weighted by Gasteiger charge is 2.44. The molecule has 1 saturated heterocycles. The molecule has 2 aromatic rings. The van der Waals surface area contributed by atoms with Crippen LogP contribution in [0.2, 0.25) is 0 Å². The van der Waals surface area contributed by atoms with E-state index in [1.165, 1.54) is 25.7 Å². The van der Waals surface area contributed by atoms with Crippen molar-refractivity contribution in [2.45, 2.75) is 76.4 Å². The number of carbonyl (C=O) groups excluding carboxylic acids is 2. The summed E-state index contributed by atoms with van der Waals surface area (Å²) in [6.07, 6.45) is 10.5. The first kappa shape index (κ1) is 23.0. The number of nitrogens with zero attached hydrogens (tertiary/aromatic N) is 4. The Balaban J connectivity index is 1.39. The molecule has 3 aliphatic rings. The molecular weight excluding hydrogens is 428 g/mol. The Morgan fingerprint density at radius 2 is 1.76 bits per heavy atom. The van der Waals surface area contributed by atoms with Gasteiger partial charge in [0.1, 0.15) is 6.04 Å². The molecule has 0 unspecified atom stereocenters. The Morgan fingerprint density at radius 3 is 2.53 bits per heavy atom. The van der Waals surface area contributed by atoms with Crippen molar-refractivity contribution >= 4 is 11.8 Å². The van der Waals surface area contributed by atoms with E-state index < -0.39 is 11.5 Å². The molecule has 34 heavy (non-hydrogen) atoms. The number of likely N-dealkylation sites (tertiary alicyclic amines) is 1. The molecule has 1 spiro atoms. The van der Waals surface area contributed by atoms with Gasteiger partial charge in [0.05, 0.1) is 11.1 Å². The van der Waals surface area contributed by atoms with E-state index in [0.717, 1.165) is 43.6 Å². The Bertz CT molecular complexity index is 976. The number of aryl methyl sites for hydroxylation is 1. The second-order valence-corrected chi connectivity index (χ2v) is 10.3. The lowest BCUT2D eigenvalue weighted by atomic mass is 9.73.